The number of hydrogen-bond acceptors (Lipinski definition) is 11. The van der Waals surface area contributed by atoms with Crippen molar-refractivity contribution in [3.8, 4) is 6.07 Å². The Morgan fingerprint density at radius 3 is 2.93 bits per heavy atom. The number of aliphatic carboxylic acids is 1. The molecule has 1 saturated heterocycles. The van der Waals surface area contributed by atoms with Crippen molar-refractivity contribution in [2.24, 2.45) is 5.16 Å². The summed E-state index contributed by atoms with van der Waals surface area (Å²) in [6, 6.07) is -0.0767. The maximum atomic E-state index is 12.7. The van der Waals surface area contributed by atoms with Crippen molar-refractivity contribution in [3.05, 3.63) is 22.1 Å². The molecule has 2 aliphatic rings. The Balaban J connectivity index is 1.75. The van der Waals surface area contributed by atoms with Crippen LogP contribution in [0, 0.1) is 11.3 Å². The molecule has 3 heterocycles. The van der Waals surface area contributed by atoms with E-state index in [1.807, 2.05) is 6.07 Å². The summed E-state index contributed by atoms with van der Waals surface area (Å²) in [6.07, 6.45) is 0. The fourth-order valence-corrected chi connectivity index (χ4v) is 5.49. The number of carbonyl (C=O) groups excluding carboxylic acids is 2. The van der Waals surface area contributed by atoms with E-state index < -0.39 is 35.2 Å². The standard InChI is InChI=1S/C16H16N6O5S3/c1-27-21-9(8-6-30-16(18)19-8)12(23)20-10-13(24)22-11(15(25)26)7(4-28-3-2-17)5-29-14(10)22/h5-6,10-11,14H,3-4H2,1H3,(H2,18,19)(H,20,23)(H,25,26)/b21-9-/t10-,11-,14-/m1/s1. The first kappa shape index (κ1) is 21.9. The minimum absolute atomic E-state index is 0.142. The number of anilines is 1. The Kier molecular flexibility index (Phi) is 6.85. The third kappa shape index (κ3) is 4.23. The predicted octanol–water partition coefficient (Wildman–Crippen LogP) is 0.0696. The number of hydrogen-bond donors (Lipinski definition) is 3. The van der Waals surface area contributed by atoms with E-state index in [0.29, 0.717) is 11.3 Å². The van der Waals surface area contributed by atoms with Crippen molar-refractivity contribution < 1.29 is 24.3 Å². The maximum absolute atomic E-state index is 12.7. The van der Waals surface area contributed by atoms with Crippen LogP contribution in [0.3, 0.4) is 0 Å². The van der Waals surface area contributed by atoms with Gasteiger partial charge in [-0.1, -0.05) is 5.16 Å². The van der Waals surface area contributed by atoms with Crippen molar-refractivity contribution in [2.75, 3.05) is 24.3 Å². The quantitative estimate of drug-likeness (QED) is 0.205. The Labute approximate surface area is 183 Å². The molecule has 0 saturated carbocycles. The maximum Gasteiger partial charge on any atom is 0.330 e. The molecule has 1 fully saturated rings. The van der Waals surface area contributed by atoms with Crippen molar-refractivity contribution in [2.45, 2.75) is 17.5 Å². The smallest absolute Gasteiger partial charge is 0.330 e. The second-order valence-electron chi connectivity index (χ2n) is 6.00. The van der Waals surface area contributed by atoms with Gasteiger partial charge in [0.15, 0.2) is 16.9 Å². The molecule has 0 unspecified atom stereocenters. The number of β-lactam (4-membered cyclic amide) rings is 1. The number of oxime groups is 1. The number of thioether (sulfide) groups is 2. The Hall–Kier alpha value is -2.76. The van der Waals surface area contributed by atoms with Crippen LogP contribution in [0.25, 0.3) is 0 Å². The van der Waals surface area contributed by atoms with Gasteiger partial charge in [0.05, 0.1) is 11.8 Å². The summed E-state index contributed by atoms with van der Waals surface area (Å²) < 4.78 is 0. The van der Waals surface area contributed by atoms with Gasteiger partial charge in [0.1, 0.15) is 24.2 Å². The van der Waals surface area contributed by atoms with Crippen LogP contribution < -0.4 is 11.1 Å². The number of nitrogen functional groups attached to an aromatic ring is 1. The molecule has 0 radical (unpaired) electrons. The number of rotatable bonds is 8. The summed E-state index contributed by atoms with van der Waals surface area (Å²) in [6.45, 7) is 0. The van der Waals surface area contributed by atoms with Crippen molar-refractivity contribution in [1.82, 2.24) is 15.2 Å². The Morgan fingerprint density at radius 2 is 2.33 bits per heavy atom. The van der Waals surface area contributed by atoms with E-state index in [1.54, 1.807) is 5.41 Å². The number of carbonyl (C=O) groups is 3. The summed E-state index contributed by atoms with van der Waals surface area (Å²) in [5.74, 6) is -1.83. The lowest BCUT2D eigenvalue weighted by Gasteiger charge is -2.51. The molecule has 3 rings (SSSR count). The van der Waals surface area contributed by atoms with E-state index in [9.17, 15) is 19.5 Å². The lowest BCUT2D eigenvalue weighted by Crippen LogP contribution is -2.74. The number of nitrogens with one attached hydrogen (secondary N) is 1. The summed E-state index contributed by atoms with van der Waals surface area (Å²) in [5.41, 5.74) is 6.19. The monoisotopic (exact) mass is 468 g/mol. The van der Waals surface area contributed by atoms with Gasteiger partial charge in [-0.05, 0) is 11.0 Å². The summed E-state index contributed by atoms with van der Waals surface area (Å²) in [5, 5.41) is 27.4. The Morgan fingerprint density at radius 1 is 1.57 bits per heavy atom. The van der Waals surface area contributed by atoms with E-state index in [0.717, 1.165) is 11.3 Å². The van der Waals surface area contributed by atoms with Gasteiger partial charge >= 0.3 is 5.97 Å². The number of nitrogens with zero attached hydrogens (tertiary/aromatic N) is 4. The zero-order valence-electron chi connectivity index (χ0n) is 15.5. The van der Waals surface area contributed by atoms with Crippen molar-refractivity contribution >= 4 is 63.5 Å². The van der Waals surface area contributed by atoms with Crippen molar-refractivity contribution in [1.29, 1.82) is 5.26 Å². The second-order valence-corrected chi connectivity index (χ2v) is 8.87. The van der Waals surface area contributed by atoms with Crippen LogP contribution >= 0.6 is 34.9 Å². The number of fused-ring (bicyclic) bond motifs is 1. The second kappa shape index (κ2) is 9.37. The number of aromatic nitrogens is 1. The van der Waals surface area contributed by atoms with Gasteiger partial charge in [-0.15, -0.1) is 34.9 Å². The molecular formula is C16H16N6O5S3. The van der Waals surface area contributed by atoms with Crippen LogP contribution in [0.2, 0.25) is 0 Å². The predicted molar refractivity (Wildman–Crippen MR) is 113 cm³/mol. The highest BCUT2D eigenvalue weighted by Crippen LogP contribution is 2.40. The minimum Gasteiger partial charge on any atom is -0.479 e. The SMILES string of the molecule is CO/N=C(\C(=O)N[C@@H]1C(=O)N2[C@@H](C(=O)O)C(CSCC#N)=CS[C@H]12)c1csc(N)n1. The van der Waals surface area contributed by atoms with E-state index >= 15 is 0 Å². The number of amides is 2. The lowest BCUT2D eigenvalue weighted by molar-refractivity contribution is -0.159. The highest BCUT2D eigenvalue weighted by molar-refractivity contribution is 8.03. The first-order chi connectivity index (χ1) is 14.4. The van der Waals surface area contributed by atoms with E-state index in [1.165, 1.54) is 40.9 Å². The number of nitriles is 1. The molecule has 1 aromatic heterocycles. The molecule has 2 amide bonds. The minimum atomic E-state index is -1.16. The normalized spacial score (nSPS) is 23.0. The molecule has 2 aliphatic heterocycles. The van der Waals surface area contributed by atoms with Gasteiger partial charge in [0.2, 0.25) is 5.91 Å². The van der Waals surface area contributed by atoms with Gasteiger partial charge in [-0.25, -0.2) is 9.78 Å². The van der Waals surface area contributed by atoms with Crippen LogP contribution in [-0.2, 0) is 19.2 Å². The van der Waals surface area contributed by atoms with Gasteiger partial charge in [0.25, 0.3) is 5.91 Å². The third-order valence-corrected chi connectivity index (χ3v) is 6.95. The van der Waals surface area contributed by atoms with Gasteiger partial charge in [-0.3, -0.25) is 9.59 Å². The average Bonchev–Trinajstić information content (AvgIpc) is 3.15. The first-order valence-electron chi connectivity index (χ1n) is 8.36. The Bertz CT molecular complexity index is 971. The fourth-order valence-electron chi connectivity index (χ4n) is 2.94. The topological polar surface area (TPSA) is 171 Å². The summed E-state index contributed by atoms with van der Waals surface area (Å²) in [7, 11) is 1.27. The molecule has 0 spiro atoms. The van der Waals surface area contributed by atoms with Crippen LogP contribution in [-0.4, -0.2) is 74.6 Å². The van der Waals surface area contributed by atoms with Gasteiger partial charge < -0.3 is 25.9 Å². The summed E-state index contributed by atoms with van der Waals surface area (Å²) >= 11 is 3.63. The lowest BCUT2D eigenvalue weighted by atomic mass is 9.98. The molecule has 4 N–H and O–H groups in total. The van der Waals surface area contributed by atoms with Crippen molar-refractivity contribution in [3.63, 3.8) is 0 Å². The number of nitrogens with two attached hydrogens (primary N) is 1. The van der Waals surface area contributed by atoms with Crippen LogP contribution in [0.15, 0.2) is 21.5 Å². The number of carboxylic acids is 1. The molecule has 3 atom stereocenters. The molecule has 0 bridgehead atoms. The molecule has 0 aliphatic carbocycles. The van der Waals surface area contributed by atoms with E-state index in [-0.39, 0.29) is 22.3 Å². The van der Waals surface area contributed by atoms with Gasteiger partial charge in [-0.2, -0.15) is 5.26 Å². The molecule has 1 aromatic rings. The highest BCUT2D eigenvalue weighted by Gasteiger charge is 2.56. The molecule has 14 heteroatoms. The number of carboxylic acid groups (broad SMARTS) is 1. The number of thiazole rings is 1. The highest BCUT2D eigenvalue weighted by atomic mass is 32.2. The first-order valence-corrected chi connectivity index (χ1v) is 11.3. The average molecular weight is 469 g/mol. The van der Waals surface area contributed by atoms with Crippen LogP contribution in [0.1, 0.15) is 5.69 Å². The van der Waals surface area contributed by atoms with Crippen LogP contribution in [0.5, 0.6) is 0 Å². The third-order valence-electron chi connectivity index (χ3n) is 4.19. The molecule has 11 nitrogen and oxygen atoms in total. The van der Waals surface area contributed by atoms with E-state index in [4.69, 9.17) is 15.8 Å². The zero-order chi connectivity index (χ0) is 21.8. The zero-order valence-corrected chi connectivity index (χ0v) is 17.9. The fraction of sp³-hybridized carbons (Fsp3) is 0.375. The molecule has 158 valence electrons. The largest absolute Gasteiger partial charge is 0.479 e. The molecule has 0 aromatic carbocycles. The molecular weight excluding hydrogens is 452 g/mol. The molecule has 30 heavy (non-hydrogen) atoms. The summed E-state index contributed by atoms with van der Waals surface area (Å²) in [4.78, 5) is 47.1. The van der Waals surface area contributed by atoms with E-state index in [2.05, 4.69) is 15.5 Å². The van der Waals surface area contributed by atoms with Gasteiger partial charge in [0, 0.05) is 11.1 Å². The van der Waals surface area contributed by atoms with Crippen LogP contribution in [0.4, 0.5) is 5.13 Å².